The topological polar surface area (TPSA) is 54.5 Å². The highest BCUT2D eigenvalue weighted by molar-refractivity contribution is 5.94. The van der Waals surface area contributed by atoms with Crippen molar-refractivity contribution in [3.8, 4) is 0 Å². The maximum atomic E-state index is 12.1. The molecule has 5 heteroatoms. The molecule has 1 atom stereocenters. The van der Waals surface area contributed by atoms with Crippen LogP contribution in [0.15, 0.2) is 18.3 Å². The van der Waals surface area contributed by atoms with Crippen molar-refractivity contribution in [2.75, 3.05) is 31.1 Å². The summed E-state index contributed by atoms with van der Waals surface area (Å²) < 4.78 is 5.51. The summed E-state index contributed by atoms with van der Waals surface area (Å²) in [4.78, 5) is 18.9. The third kappa shape index (κ3) is 3.77. The van der Waals surface area contributed by atoms with Gasteiger partial charge in [-0.25, -0.2) is 4.98 Å². The van der Waals surface area contributed by atoms with Gasteiger partial charge in [0.05, 0.1) is 11.7 Å². The molecule has 2 fully saturated rings. The molecule has 2 aliphatic heterocycles. The van der Waals surface area contributed by atoms with Gasteiger partial charge in [-0.3, -0.25) is 4.79 Å². The zero-order chi connectivity index (χ0) is 15.4. The molecular weight excluding hydrogens is 278 g/mol. The lowest BCUT2D eigenvalue weighted by Gasteiger charge is -2.31. The first kappa shape index (κ1) is 15.3. The SMILES string of the molecule is CC1CCN(c2ccc(C(=O)NC[C@@H]3CCCO3)cn2)CC1. The predicted molar refractivity (Wildman–Crippen MR) is 86.2 cm³/mol. The van der Waals surface area contributed by atoms with Gasteiger partial charge in [0.1, 0.15) is 5.82 Å². The summed E-state index contributed by atoms with van der Waals surface area (Å²) in [5.41, 5.74) is 0.618. The van der Waals surface area contributed by atoms with E-state index in [0.29, 0.717) is 12.1 Å². The molecule has 2 aliphatic rings. The molecule has 0 aromatic carbocycles. The summed E-state index contributed by atoms with van der Waals surface area (Å²) in [5, 5.41) is 2.93. The summed E-state index contributed by atoms with van der Waals surface area (Å²) in [6, 6.07) is 3.82. The van der Waals surface area contributed by atoms with Crippen LogP contribution in [0.1, 0.15) is 43.0 Å². The van der Waals surface area contributed by atoms with Crippen LogP contribution in [0, 0.1) is 5.92 Å². The number of nitrogens with one attached hydrogen (secondary N) is 1. The number of nitrogens with zero attached hydrogens (tertiary/aromatic N) is 2. The molecule has 120 valence electrons. The van der Waals surface area contributed by atoms with Gasteiger partial charge in [-0.2, -0.15) is 0 Å². The first-order valence-electron chi connectivity index (χ1n) is 8.33. The number of carbonyl (C=O) groups is 1. The van der Waals surface area contributed by atoms with Crippen molar-refractivity contribution in [1.29, 1.82) is 0 Å². The molecule has 1 amide bonds. The molecule has 3 rings (SSSR count). The van der Waals surface area contributed by atoms with Gasteiger partial charge in [-0.1, -0.05) is 6.92 Å². The second-order valence-electron chi connectivity index (χ2n) is 6.42. The Morgan fingerprint density at radius 2 is 2.18 bits per heavy atom. The van der Waals surface area contributed by atoms with Crippen LogP contribution >= 0.6 is 0 Å². The molecule has 0 radical (unpaired) electrons. The molecule has 22 heavy (non-hydrogen) atoms. The molecule has 3 heterocycles. The van der Waals surface area contributed by atoms with Crippen LogP contribution in [0.2, 0.25) is 0 Å². The first-order valence-corrected chi connectivity index (χ1v) is 8.33. The zero-order valence-electron chi connectivity index (χ0n) is 13.3. The molecule has 1 aromatic heterocycles. The lowest BCUT2D eigenvalue weighted by Crippen LogP contribution is -2.34. The number of piperidine rings is 1. The lowest BCUT2D eigenvalue weighted by molar-refractivity contribution is 0.0857. The van der Waals surface area contributed by atoms with E-state index >= 15 is 0 Å². The van der Waals surface area contributed by atoms with Crippen molar-refractivity contribution in [3.05, 3.63) is 23.9 Å². The number of ether oxygens (including phenoxy) is 1. The molecule has 2 saturated heterocycles. The van der Waals surface area contributed by atoms with Crippen molar-refractivity contribution < 1.29 is 9.53 Å². The van der Waals surface area contributed by atoms with E-state index in [2.05, 4.69) is 22.1 Å². The Balaban J connectivity index is 1.53. The largest absolute Gasteiger partial charge is 0.376 e. The Morgan fingerprint density at radius 1 is 1.36 bits per heavy atom. The first-order chi connectivity index (χ1) is 10.7. The van der Waals surface area contributed by atoms with Crippen LogP contribution in [-0.4, -0.2) is 43.2 Å². The minimum absolute atomic E-state index is 0.0678. The Labute approximate surface area is 132 Å². The molecule has 1 N–H and O–H groups in total. The molecule has 0 aliphatic carbocycles. The van der Waals surface area contributed by atoms with Crippen LogP contribution in [0.3, 0.4) is 0 Å². The Kier molecular flexibility index (Phi) is 4.93. The average Bonchev–Trinajstić information content (AvgIpc) is 3.07. The highest BCUT2D eigenvalue weighted by atomic mass is 16.5. The maximum Gasteiger partial charge on any atom is 0.252 e. The van der Waals surface area contributed by atoms with Gasteiger partial charge >= 0.3 is 0 Å². The van der Waals surface area contributed by atoms with E-state index in [-0.39, 0.29) is 12.0 Å². The summed E-state index contributed by atoms with van der Waals surface area (Å²) in [5.74, 6) is 1.71. The second kappa shape index (κ2) is 7.09. The van der Waals surface area contributed by atoms with E-state index in [1.165, 1.54) is 12.8 Å². The smallest absolute Gasteiger partial charge is 0.252 e. The van der Waals surface area contributed by atoms with Crippen LogP contribution in [-0.2, 0) is 4.74 Å². The fourth-order valence-electron chi connectivity index (χ4n) is 3.06. The maximum absolute atomic E-state index is 12.1. The van der Waals surface area contributed by atoms with Crippen molar-refractivity contribution in [2.45, 2.75) is 38.7 Å². The normalized spacial score (nSPS) is 22.8. The number of anilines is 1. The molecule has 0 unspecified atom stereocenters. The summed E-state index contributed by atoms with van der Waals surface area (Å²) >= 11 is 0. The Hall–Kier alpha value is -1.62. The van der Waals surface area contributed by atoms with Gasteiger partial charge in [-0.15, -0.1) is 0 Å². The third-order valence-electron chi connectivity index (χ3n) is 4.63. The van der Waals surface area contributed by atoms with E-state index in [9.17, 15) is 4.79 Å². The van der Waals surface area contributed by atoms with Crippen molar-refractivity contribution in [3.63, 3.8) is 0 Å². The molecule has 0 spiro atoms. The van der Waals surface area contributed by atoms with Gasteiger partial charge in [0.25, 0.3) is 5.91 Å². The van der Waals surface area contributed by atoms with E-state index in [4.69, 9.17) is 4.74 Å². The standard InChI is InChI=1S/C17H25N3O2/c1-13-6-8-20(9-7-13)16-5-4-14(11-18-16)17(21)19-12-15-3-2-10-22-15/h4-5,11,13,15H,2-3,6-10,12H2,1H3,(H,19,21)/t15-/m0/s1. The average molecular weight is 303 g/mol. The number of pyridine rings is 1. The predicted octanol–water partition coefficient (Wildman–Crippen LogP) is 2.23. The van der Waals surface area contributed by atoms with Crippen LogP contribution in [0.5, 0.6) is 0 Å². The molecular formula is C17H25N3O2. The minimum atomic E-state index is -0.0678. The highest BCUT2D eigenvalue weighted by Crippen LogP contribution is 2.21. The fourth-order valence-corrected chi connectivity index (χ4v) is 3.06. The van der Waals surface area contributed by atoms with Gasteiger partial charge in [0.2, 0.25) is 0 Å². The number of amides is 1. The lowest BCUT2D eigenvalue weighted by atomic mass is 9.99. The second-order valence-corrected chi connectivity index (χ2v) is 6.42. The van der Waals surface area contributed by atoms with E-state index < -0.39 is 0 Å². The molecule has 0 saturated carbocycles. The quantitative estimate of drug-likeness (QED) is 0.927. The van der Waals surface area contributed by atoms with Crippen LogP contribution in [0.25, 0.3) is 0 Å². The van der Waals surface area contributed by atoms with E-state index in [0.717, 1.165) is 44.3 Å². The third-order valence-corrected chi connectivity index (χ3v) is 4.63. The minimum Gasteiger partial charge on any atom is -0.376 e. The number of rotatable bonds is 4. The Bertz CT molecular complexity index is 489. The molecule has 5 nitrogen and oxygen atoms in total. The number of aromatic nitrogens is 1. The van der Waals surface area contributed by atoms with Gasteiger partial charge in [-0.05, 0) is 43.7 Å². The number of hydrogen-bond acceptors (Lipinski definition) is 4. The van der Waals surface area contributed by atoms with Crippen LogP contribution in [0.4, 0.5) is 5.82 Å². The van der Waals surface area contributed by atoms with Crippen molar-refractivity contribution in [2.24, 2.45) is 5.92 Å². The molecule has 0 bridgehead atoms. The van der Waals surface area contributed by atoms with Gasteiger partial charge < -0.3 is 15.0 Å². The van der Waals surface area contributed by atoms with Crippen molar-refractivity contribution >= 4 is 11.7 Å². The number of carbonyl (C=O) groups excluding carboxylic acids is 1. The monoisotopic (exact) mass is 303 g/mol. The summed E-state index contributed by atoms with van der Waals surface area (Å²) in [6.07, 6.45) is 6.40. The zero-order valence-corrected chi connectivity index (χ0v) is 13.3. The summed E-state index contributed by atoms with van der Waals surface area (Å²) in [7, 11) is 0. The summed E-state index contributed by atoms with van der Waals surface area (Å²) in [6.45, 7) is 5.81. The highest BCUT2D eigenvalue weighted by Gasteiger charge is 2.18. The van der Waals surface area contributed by atoms with Gasteiger partial charge in [0.15, 0.2) is 0 Å². The van der Waals surface area contributed by atoms with Crippen molar-refractivity contribution in [1.82, 2.24) is 10.3 Å². The fraction of sp³-hybridized carbons (Fsp3) is 0.647. The van der Waals surface area contributed by atoms with Crippen LogP contribution < -0.4 is 10.2 Å². The molecule has 1 aromatic rings. The van der Waals surface area contributed by atoms with Gasteiger partial charge in [0, 0.05) is 32.4 Å². The van der Waals surface area contributed by atoms with E-state index in [1.54, 1.807) is 6.20 Å². The Morgan fingerprint density at radius 3 is 2.82 bits per heavy atom. The van der Waals surface area contributed by atoms with E-state index in [1.807, 2.05) is 12.1 Å². The number of hydrogen-bond donors (Lipinski definition) is 1.